The molecule has 0 radical (unpaired) electrons. The molecule has 0 unspecified atom stereocenters. The van der Waals surface area contributed by atoms with Gasteiger partial charge in [-0.25, -0.2) is 0 Å². The summed E-state index contributed by atoms with van der Waals surface area (Å²) in [5.41, 5.74) is 2.56. The quantitative estimate of drug-likeness (QED) is 0.638. The highest BCUT2D eigenvalue weighted by Crippen LogP contribution is 2.37. The van der Waals surface area contributed by atoms with E-state index < -0.39 is 11.7 Å². The molecule has 3 rings (SSSR count). The summed E-state index contributed by atoms with van der Waals surface area (Å²) in [5, 5.41) is 10.2. The lowest BCUT2D eigenvalue weighted by Gasteiger charge is -2.14. The minimum absolute atomic E-state index is 0.396. The van der Waals surface area contributed by atoms with Gasteiger partial charge in [-0.15, -0.1) is 0 Å². The first-order chi connectivity index (χ1) is 12.3. The van der Waals surface area contributed by atoms with Crippen LogP contribution in [-0.4, -0.2) is 18.7 Å². The van der Waals surface area contributed by atoms with Gasteiger partial charge >= 0.3 is 6.18 Å². The lowest BCUT2D eigenvalue weighted by molar-refractivity contribution is -0.137. The number of alkyl halides is 3. The molecule has 0 saturated carbocycles. The number of anilines is 1. The Labute approximate surface area is 149 Å². The van der Waals surface area contributed by atoms with E-state index in [1.807, 2.05) is 50.2 Å². The fraction of sp³-hybridized carbons (Fsp3) is 0.250. The van der Waals surface area contributed by atoms with Crippen LogP contribution in [0, 0.1) is 11.3 Å². The van der Waals surface area contributed by atoms with Gasteiger partial charge in [-0.3, -0.25) is 0 Å². The third-order valence-corrected chi connectivity index (χ3v) is 4.48. The van der Waals surface area contributed by atoms with Crippen molar-refractivity contribution in [2.45, 2.75) is 19.6 Å². The van der Waals surface area contributed by atoms with Gasteiger partial charge in [-0.05, 0) is 36.8 Å². The number of hydrogen-bond acceptors (Lipinski definition) is 2. The molecule has 6 heteroatoms. The van der Waals surface area contributed by atoms with Crippen molar-refractivity contribution >= 4 is 16.6 Å². The van der Waals surface area contributed by atoms with Crippen LogP contribution >= 0.6 is 0 Å². The first-order valence-electron chi connectivity index (χ1n) is 8.19. The monoisotopic (exact) mass is 357 g/mol. The molecule has 2 aromatic carbocycles. The van der Waals surface area contributed by atoms with Gasteiger partial charge < -0.3 is 9.47 Å². The maximum atomic E-state index is 13.1. The molecule has 0 aliphatic heterocycles. The van der Waals surface area contributed by atoms with Crippen LogP contribution in [0.5, 0.6) is 0 Å². The average Bonchev–Trinajstić information content (AvgIpc) is 2.93. The molecule has 1 heterocycles. The predicted octanol–water partition coefficient (Wildman–Crippen LogP) is 5.28. The number of benzene rings is 2. The molecule has 0 saturated heterocycles. The van der Waals surface area contributed by atoms with E-state index in [0.717, 1.165) is 23.4 Å². The van der Waals surface area contributed by atoms with E-state index in [1.165, 1.54) is 6.07 Å². The van der Waals surface area contributed by atoms with Gasteiger partial charge in [0, 0.05) is 31.7 Å². The highest BCUT2D eigenvalue weighted by atomic mass is 19.4. The van der Waals surface area contributed by atoms with Crippen LogP contribution in [0.2, 0.25) is 0 Å². The van der Waals surface area contributed by atoms with E-state index >= 15 is 0 Å². The van der Waals surface area contributed by atoms with Crippen molar-refractivity contribution in [1.29, 1.82) is 5.26 Å². The van der Waals surface area contributed by atoms with E-state index in [0.29, 0.717) is 28.7 Å². The number of nitrogens with zero attached hydrogens (tertiary/aromatic N) is 3. The van der Waals surface area contributed by atoms with Crippen LogP contribution in [0.25, 0.3) is 22.2 Å². The van der Waals surface area contributed by atoms with E-state index in [2.05, 4.69) is 6.07 Å². The summed E-state index contributed by atoms with van der Waals surface area (Å²) in [6.45, 7) is 2.32. The Morgan fingerprint density at radius 3 is 2.23 bits per heavy atom. The maximum Gasteiger partial charge on any atom is 0.416 e. The fourth-order valence-electron chi connectivity index (χ4n) is 3.18. The Balaban J connectivity index is 2.29. The van der Waals surface area contributed by atoms with Crippen LogP contribution in [0.1, 0.15) is 18.1 Å². The smallest absolute Gasteiger partial charge is 0.378 e. The standard InChI is InChI=1S/C20H18F3N3/c1-4-26-18-11-14(20(21,22)23)7-10-16(18)17(12-24)19(26)13-5-8-15(9-6-13)25(2)3/h5-11H,4H2,1-3H3. The van der Waals surface area contributed by atoms with Gasteiger partial charge in [-0.1, -0.05) is 18.2 Å². The van der Waals surface area contributed by atoms with Crippen LogP contribution in [0.4, 0.5) is 18.9 Å². The fourth-order valence-corrected chi connectivity index (χ4v) is 3.18. The molecule has 0 atom stereocenters. The van der Waals surface area contributed by atoms with Gasteiger partial charge in [0.25, 0.3) is 0 Å². The van der Waals surface area contributed by atoms with Gasteiger partial charge in [0.05, 0.1) is 22.3 Å². The van der Waals surface area contributed by atoms with Crippen molar-refractivity contribution in [3.8, 4) is 17.3 Å². The number of rotatable bonds is 3. The second-order valence-electron chi connectivity index (χ2n) is 6.25. The molecule has 134 valence electrons. The molecule has 0 aliphatic carbocycles. The Bertz CT molecular complexity index is 990. The SMILES string of the molecule is CCn1c(-c2ccc(N(C)C)cc2)c(C#N)c2ccc(C(F)(F)F)cc21. The largest absolute Gasteiger partial charge is 0.416 e. The van der Waals surface area contributed by atoms with Crippen LogP contribution in [-0.2, 0) is 12.7 Å². The Morgan fingerprint density at radius 2 is 1.73 bits per heavy atom. The summed E-state index contributed by atoms with van der Waals surface area (Å²) in [7, 11) is 3.86. The molecule has 0 aliphatic rings. The second kappa shape index (κ2) is 6.41. The number of aromatic nitrogens is 1. The summed E-state index contributed by atoms with van der Waals surface area (Å²) >= 11 is 0. The second-order valence-corrected chi connectivity index (χ2v) is 6.25. The average molecular weight is 357 g/mol. The molecule has 0 fully saturated rings. The molecule has 3 aromatic rings. The van der Waals surface area contributed by atoms with Gasteiger partial charge in [0.15, 0.2) is 0 Å². The van der Waals surface area contributed by atoms with Crippen LogP contribution < -0.4 is 4.90 Å². The summed E-state index contributed by atoms with van der Waals surface area (Å²) < 4.78 is 41.1. The third-order valence-electron chi connectivity index (χ3n) is 4.48. The minimum Gasteiger partial charge on any atom is -0.378 e. The van der Waals surface area contributed by atoms with Gasteiger partial charge in [0.2, 0.25) is 0 Å². The molecule has 0 bridgehead atoms. The Morgan fingerprint density at radius 1 is 1.08 bits per heavy atom. The third kappa shape index (κ3) is 2.90. The summed E-state index contributed by atoms with van der Waals surface area (Å²) in [6, 6.07) is 13.3. The van der Waals surface area contributed by atoms with E-state index in [-0.39, 0.29) is 0 Å². The Kier molecular flexibility index (Phi) is 4.41. The molecule has 26 heavy (non-hydrogen) atoms. The van der Waals surface area contributed by atoms with Crippen molar-refractivity contribution in [3.05, 3.63) is 53.6 Å². The minimum atomic E-state index is -4.42. The number of hydrogen-bond donors (Lipinski definition) is 0. The lowest BCUT2D eigenvalue weighted by Crippen LogP contribution is -2.08. The summed E-state index contributed by atoms with van der Waals surface area (Å²) in [5.74, 6) is 0. The molecule has 1 aromatic heterocycles. The Hall–Kier alpha value is -2.94. The van der Waals surface area contributed by atoms with E-state index in [4.69, 9.17) is 0 Å². The molecular formula is C20H18F3N3. The van der Waals surface area contributed by atoms with Crippen molar-refractivity contribution < 1.29 is 13.2 Å². The number of nitriles is 1. The van der Waals surface area contributed by atoms with E-state index in [1.54, 1.807) is 4.57 Å². The van der Waals surface area contributed by atoms with Crippen molar-refractivity contribution in [3.63, 3.8) is 0 Å². The van der Waals surface area contributed by atoms with Crippen molar-refractivity contribution in [2.75, 3.05) is 19.0 Å². The van der Waals surface area contributed by atoms with Crippen molar-refractivity contribution in [2.24, 2.45) is 0 Å². The van der Waals surface area contributed by atoms with Crippen LogP contribution in [0.3, 0.4) is 0 Å². The normalized spacial score (nSPS) is 11.6. The van der Waals surface area contributed by atoms with E-state index in [9.17, 15) is 18.4 Å². The molecular weight excluding hydrogens is 339 g/mol. The maximum absolute atomic E-state index is 13.1. The molecule has 0 spiro atoms. The first kappa shape index (κ1) is 17.9. The summed E-state index contributed by atoms with van der Waals surface area (Å²) in [4.78, 5) is 1.96. The summed E-state index contributed by atoms with van der Waals surface area (Å²) in [6.07, 6.45) is -4.42. The predicted molar refractivity (Wildman–Crippen MR) is 97.1 cm³/mol. The zero-order valence-electron chi connectivity index (χ0n) is 14.7. The molecule has 0 amide bonds. The van der Waals surface area contributed by atoms with Crippen LogP contribution in [0.15, 0.2) is 42.5 Å². The number of halogens is 3. The highest BCUT2D eigenvalue weighted by Gasteiger charge is 2.31. The number of fused-ring (bicyclic) bond motifs is 1. The van der Waals surface area contributed by atoms with Crippen molar-refractivity contribution in [1.82, 2.24) is 4.57 Å². The first-order valence-corrected chi connectivity index (χ1v) is 8.19. The molecule has 3 nitrogen and oxygen atoms in total. The highest BCUT2D eigenvalue weighted by molar-refractivity contribution is 5.95. The van der Waals surface area contributed by atoms with Gasteiger partial charge in [0.1, 0.15) is 6.07 Å². The zero-order chi connectivity index (χ0) is 19.1. The van der Waals surface area contributed by atoms with Gasteiger partial charge in [-0.2, -0.15) is 18.4 Å². The topological polar surface area (TPSA) is 32.0 Å². The zero-order valence-corrected chi connectivity index (χ0v) is 14.7. The number of aryl methyl sites for hydroxylation is 1. The molecule has 0 N–H and O–H groups in total. The lowest BCUT2D eigenvalue weighted by atomic mass is 10.0.